The molecular formula is C19H40N2. The third kappa shape index (κ3) is 7.15. The van der Waals surface area contributed by atoms with Gasteiger partial charge < -0.3 is 10.2 Å². The number of nitrogens with zero attached hydrogens (tertiary/aromatic N) is 1. The van der Waals surface area contributed by atoms with Crippen LogP contribution in [-0.2, 0) is 0 Å². The molecule has 0 aliphatic heterocycles. The van der Waals surface area contributed by atoms with Crippen molar-refractivity contribution in [1.29, 1.82) is 0 Å². The second-order valence-electron chi connectivity index (χ2n) is 7.61. The molecule has 1 rings (SSSR count). The van der Waals surface area contributed by atoms with Crippen LogP contribution >= 0.6 is 0 Å². The van der Waals surface area contributed by atoms with Crippen LogP contribution in [0.3, 0.4) is 0 Å². The minimum Gasteiger partial charge on any atom is -0.314 e. The number of hydrogen-bond donors (Lipinski definition) is 1. The molecule has 0 amide bonds. The highest BCUT2D eigenvalue weighted by Crippen LogP contribution is 2.34. The SMILES string of the molecule is CCCCCN(C)CC1CC(C(C)C)CCC1NCCC. The quantitative estimate of drug-likeness (QED) is 0.595. The molecule has 1 N–H and O–H groups in total. The average Bonchev–Trinajstić information content (AvgIpc) is 2.46. The van der Waals surface area contributed by atoms with Gasteiger partial charge in [0, 0.05) is 12.6 Å². The molecule has 126 valence electrons. The first kappa shape index (κ1) is 19.0. The molecular weight excluding hydrogens is 256 g/mol. The Labute approximate surface area is 134 Å². The van der Waals surface area contributed by atoms with Crippen molar-refractivity contribution in [2.45, 2.75) is 78.7 Å². The predicted molar refractivity (Wildman–Crippen MR) is 94.8 cm³/mol. The number of unbranched alkanes of at least 4 members (excludes halogenated alkanes) is 2. The van der Waals surface area contributed by atoms with E-state index in [9.17, 15) is 0 Å². The molecule has 3 atom stereocenters. The molecule has 0 aromatic heterocycles. The highest BCUT2D eigenvalue weighted by atomic mass is 15.1. The van der Waals surface area contributed by atoms with Crippen molar-refractivity contribution in [3.63, 3.8) is 0 Å². The van der Waals surface area contributed by atoms with Crippen LogP contribution in [0.25, 0.3) is 0 Å². The largest absolute Gasteiger partial charge is 0.314 e. The lowest BCUT2D eigenvalue weighted by molar-refractivity contribution is 0.131. The Bertz CT molecular complexity index is 252. The second-order valence-corrected chi connectivity index (χ2v) is 7.61. The molecule has 2 heteroatoms. The van der Waals surface area contributed by atoms with E-state index in [2.05, 4.69) is 45.0 Å². The molecule has 1 aliphatic rings. The summed E-state index contributed by atoms with van der Waals surface area (Å²) in [5.74, 6) is 2.65. The summed E-state index contributed by atoms with van der Waals surface area (Å²) in [6.45, 7) is 13.1. The average molecular weight is 297 g/mol. The van der Waals surface area contributed by atoms with Gasteiger partial charge in [-0.05, 0) is 70.0 Å². The first-order valence-electron chi connectivity index (χ1n) is 9.50. The summed E-state index contributed by atoms with van der Waals surface area (Å²) in [7, 11) is 2.32. The van der Waals surface area contributed by atoms with E-state index in [0.29, 0.717) is 0 Å². The summed E-state index contributed by atoms with van der Waals surface area (Å²) in [5.41, 5.74) is 0. The molecule has 21 heavy (non-hydrogen) atoms. The lowest BCUT2D eigenvalue weighted by atomic mass is 9.73. The molecule has 0 bridgehead atoms. The fourth-order valence-corrected chi connectivity index (χ4v) is 3.83. The molecule has 0 spiro atoms. The maximum atomic E-state index is 3.83. The van der Waals surface area contributed by atoms with Gasteiger partial charge >= 0.3 is 0 Å². The summed E-state index contributed by atoms with van der Waals surface area (Å²) < 4.78 is 0. The molecule has 0 aromatic rings. The van der Waals surface area contributed by atoms with Crippen molar-refractivity contribution in [2.24, 2.45) is 17.8 Å². The molecule has 0 radical (unpaired) electrons. The van der Waals surface area contributed by atoms with E-state index in [0.717, 1.165) is 23.8 Å². The van der Waals surface area contributed by atoms with Gasteiger partial charge in [-0.25, -0.2) is 0 Å². The Morgan fingerprint density at radius 3 is 2.48 bits per heavy atom. The lowest BCUT2D eigenvalue weighted by Gasteiger charge is -2.40. The van der Waals surface area contributed by atoms with Crippen molar-refractivity contribution in [3.8, 4) is 0 Å². The van der Waals surface area contributed by atoms with E-state index >= 15 is 0 Å². The van der Waals surface area contributed by atoms with Crippen molar-refractivity contribution in [2.75, 3.05) is 26.7 Å². The van der Waals surface area contributed by atoms with E-state index < -0.39 is 0 Å². The van der Waals surface area contributed by atoms with Crippen molar-refractivity contribution < 1.29 is 0 Å². The minimum atomic E-state index is 0.758. The Hall–Kier alpha value is -0.0800. The van der Waals surface area contributed by atoms with E-state index in [4.69, 9.17) is 0 Å². The van der Waals surface area contributed by atoms with Crippen molar-refractivity contribution in [1.82, 2.24) is 10.2 Å². The van der Waals surface area contributed by atoms with E-state index in [1.807, 2.05) is 0 Å². The summed E-state index contributed by atoms with van der Waals surface area (Å²) in [6, 6.07) is 0.758. The normalized spacial score (nSPS) is 26.7. The van der Waals surface area contributed by atoms with Gasteiger partial charge in [0.2, 0.25) is 0 Å². The zero-order valence-corrected chi connectivity index (χ0v) is 15.3. The Kier molecular flexibility index (Phi) is 9.59. The van der Waals surface area contributed by atoms with Crippen LogP contribution in [0.5, 0.6) is 0 Å². The van der Waals surface area contributed by atoms with Crippen LogP contribution < -0.4 is 5.32 Å². The van der Waals surface area contributed by atoms with Gasteiger partial charge in [0.15, 0.2) is 0 Å². The number of rotatable bonds is 10. The van der Waals surface area contributed by atoms with Gasteiger partial charge in [0.25, 0.3) is 0 Å². The van der Waals surface area contributed by atoms with Crippen LogP contribution in [0.1, 0.15) is 72.6 Å². The number of hydrogen-bond acceptors (Lipinski definition) is 2. The van der Waals surface area contributed by atoms with Gasteiger partial charge in [0.05, 0.1) is 0 Å². The third-order valence-corrected chi connectivity index (χ3v) is 5.31. The molecule has 2 nitrogen and oxygen atoms in total. The fraction of sp³-hybridized carbons (Fsp3) is 1.00. The Balaban J connectivity index is 2.48. The maximum absolute atomic E-state index is 3.83. The van der Waals surface area contributed by atoms with E-state index in [1.54, 1.807) is 0 Å². The summed E-state index contributed by atoms with van der Waals surface area (Å²) in [6.07, 6.45) is 9.56. The zero-order chi connectivity index (χ0) is 15.7. The topological polar surface area (TPSA) is 15.3 Å². The van der Waals surface area contributed by atoms with Gasteiger partial charge in [-0.2, -0.15) is 0 Å². The Morgan fingerprint density at radius 2 is 1.86 bits per heavy atom. The summed E-state index contributed by atoms with van der Waals surface area (Å²) >= 11 is 0. The van der Waals surface area contributed by atoms with E-state index in [1.165, 1.54) is 64.6 Å². The van der Waals surface area contributed by atoms with Gasteiger partial charge in [-0.3, -0.25) is 0 Å². The standard InChI is InChI=1S/C19H40N2/c1-6-8-9-13-21(5)15-18-14-17(16(3)4)10-11-19(18)20-12-7-2/h16-20H,6-15H2,1-5H3. The highest BCUT2D eigenvalue weighted by Gasteiger charge is 2.31. The number of nitrogens with one attached hydrogen (secondary N) is 1. The van der Waals surface area contributed by atoms with Gasteiger partial charge in [0.1, 0.15) is 0 Å². The molecule has 0 aromatic carbocycles. The molecule has 0 saturated heterocycles. The lowest BCUT2D eigenvalue weighted by Crippen LogP contribution is -2.46. The van der Waals surface area contributed by atoms with Crippen LogP contribution in [0.4, 0.5) is 0 Å². The monoisotopic (exact) mass is 296 g/mol. The summed E-state index contributed by atoms with van der Waals surface area (Å²) in [5, 5.41) is 3.83. The molecule has 1 fully saturated rings. The van der Waals surface area contributed by atoms with Crippen molar-refractivity contribution in [3.05, 3.63) is 0 Å². The fourth-order valence-electron chi connectivity index (χ4n) is 3.83. The molecule has 0 heterocycles. The van der Waals surface area contributed by atoms with Crippen LogP contribution in [0.2, 0.25) is 0 Å². The third-order valence-electron chi connectivity index (χ3n) is 5.31. The van der Waals surface area contributed by atoms with Crippen LogP contribution in [0, 0.1) is 17.8 Å². The minimum absolute atomic E-state index is 0.758. The van der Waals surface area contributed by atoms with Gasteiger partial charge in [-0.1, -0.05) is 40.5 Å². The summed E-state index contributed by atoms with van der Waals surface area (Å²) in [4.78, 5) is 2.59. The molecule has 1 aliphatic carbocycles. The zero-order valence-electron chi connectivity index (χ0n) is 15.3. The molecule has 1 saturated carbocycles. The Morgan fingerprint density at radius 1 is 1.10 bits per heavy atom. The maximum Gasteiger partial charge on any atom is 0.0108 e. The van der Waals surface area contributed by atoms with Crippen molar-refractivity contribution >= 4 is 0 Å². The van der Waals surface area contributed by atoms with Crippen LogP contribution in [0.15, 0.2) is 0 Å². The second kappa shape index (κ2) is 10.6. The van der Waals surface area contributed by atoms with E-state index in [-0.39, 0.29) is 0 Å². The smallest absolute Gasteiger partial charge is 0.0108 e. The highest BCUT2D eigenvalue weighted by molar-refractivity contribution is 4.87. The predicted octanol–water partition coefficient (Wildman–Crippen LogP) is 4.55. The molecule has 3 unspecified atom stereocenters. The first-order valence-corrected chi connectivity index (χ1v) is 9.50. The van der Waals surface area contributed by atoms with Gasteiger partial charge in [-0.15, -0.1) is 0 Å². The van der Waals surface area contributed by atoms with Crippen LogP contribution in [-0.4, -0.2) is 37.6 Å². The first-order chi connectivity index (χ1) is 10.1.